The van der Waals surface area contributed by atoms with E-state index < -0.39 is 22.1 Å². The summed E-state index contributed by atoms with van der Waals surface area (Å²) in [6.45, 7) is 1.38. The average Bonchev–Trinajstić information content (AvgIpc) is 3.17. The van der Waals surface area contributed by atoms with Crippen molar-refractivity contribution < 1.29 is 31.1 Å². The van der Waals surface area contributed by atoms with Crippen molar-refractivity contribution in [2.24, 2.45) is 0 Å². The van der Waals surface area contributed by atoms with Crippen LogP contribution in [-0.2, 0) is 14.8 Å². The first-order valence-electron chi connectivity index (χ1n) is 9.61. The lowest BCUT2D eigenvalue weighted by molar-refractivity contribution is -0.274. The van der Waals surface area contributed by atoms with Crippen LogP contribution >= 0.6 is 0 Å². The third kappa shape index (κ3) is 5.09. The molecule has 0 aliphatic carbocycles. The largest absolute Gasteiger partial charge is 0.573 e. The third-order valence-corrected chi connectivity index (χ3v) is 6.13. The number of carbonyl (C=O) groups is 1. The number of halogens is 3. The quantitative estimate of drug-likeness (QED) is 0.414. The number of fused-ring (bicyclic) bond motifs is 1. The zero-order valence-electron chi connectivity index (χ0n) is 17.4. The Kier molecular flexibility index (Phi) is 5.87. The molecule has 0 aliphatic heterocycles. The SMILES string of the molecule is CC(=O)Nc1cccc(Nc2ncc3ccn(S(=O)(=O)c4ccc(OC(F)(F)F)cc4)c3n2)c1. The summed E-state index contributed by atoms with van der Waals surface area (Å²) in [5.41, 5.74) is 1.15. The predicted molar refractivity (Wildman–Crippen MR) is 117 cm³/mol. The number of aromatic nitrogens is 3. The zero-order chi connectivity index (χ0) is 24.5. The monoisotopic (exact) mass is 491 g/mol. The summed E-state index contributed by atoms with van der Waals surface area (Å²) < 4.78 is 68.0. The van der Waals surface area contributed by atoms with E-state index in [1.807, 2.05) is 0 Å². The average molecular weight is 491 g/mol. The van der Waals surface area contributed by atoms with Crippen LogP contribution in [0.25, 0.3) is 11.0 Å². The molecule has 4 rings (SSSR count). The number of rotatable bonds is 6. The number of nitrogens with one attached hydrogen (secondary N) is 2. The minimum atomic E-state index is -4.89. The predicted octanol–water partition coefficient (Wildman–Crippen LogP) is 4.27. The molecule has 0 saturated carbocycles. The number of hydrogen-bond donors (Lipinski definition) is 2. The van der Waals surface area contributed by atoms with Crippen LogP contribution in [0.1, 0.15) is 6.92 Å². The van der Waals surface area contributed by atoms with E-state index in [2.05, 4.69) is 25.3 Å². The number of ether oxygens (including phenoxy) is 1. The number of carbonyl (C=O) groups excluding carboxylic acids is 1. The van der Waals surface area contributed by atoms with Crippen molar-refractivity contribution in [3.05, 3.63) is 67.0 Å². The number of alkyl halides is 3. The standard InChI is InChI=1S/C21H16F3N5O4S/c1-13(30)26-15-3-2-4-16(11-15)27-20-25-12-14-9-10-29(19(14)28-20)34(31,32)18-7-5-17(6-8-18)33-21(22,23)24/h2-12H,1H3,(H,26,30)(H,25,27,28). The number of nitrogens with zero attached hydrogens (tertiary/aromatic N) is 3. The molecular formula is C21H16F3N5O4S. The van der Waals surface area contributed by atoms with Crippen molar-refractivity contribution in [2.45, 2.75) is 18.2 Å². The molecule has 0 bridgehead atoms. The van der Waals surface area contributed by atoms with Gasteiger partial charge in [0.15, 0.2) is 5.65 Å². The van der Waals surface area contributed by atoms with Crippen LogP contribution in [0.3, 0.4) is 0 Å². The van der Waals surface area contributed by atoms with Gasteiger partial charge in [-0.3, -0.25) is 4.79 Å². The Bertz CT molecular complexity index is 1470. The molecule has 2 aromatic carbocycles. The Morgan fingerprint density at radius 3 is 2.44 bits per heavy atom. The van der Waals surface area contributed by atoms with Crippen molar-refractivity contribution in [2.75, 3.05) is 10.6 Å². The highest BCUT2D eigenvalue weighted by atomic mass is 32.2. The maximum Gasteiger partial charge on any atom is 0.573 e. The van der Waals surface area contributed by atoms with E-state index in [-0.39, 0.29) is 22.4 Å². The van der Waals surface area contributed by atoms with Crippen LogP contribution in [0.5, 0.6) is 5.75 Å². The Morgan fingerprint density at radius 1 is 1.06 bits per heavy atom. The van der Waals surface area contributed by atoms with Crippen molar-refractivity contribution in [1.29, 1.82) is 0 Å². The number of anilines is 3. The Morgan fingerprint density at radius 2 is 1.76 bits per heavy atom. The fraction of sp³-hybridized carbons (Fsp3) is 0.0952. The number of amides is 1. The second kappa shape index (κ2) is 8.67. The second-order valence-electron chi connectivity index (χ2n) is 7.00. The van der Waals surface area contributed by atoms with E-state index in [9.17, 15) is 26.4 Å². The summed E-state index contributed by atoms with van der Waals surface area (Å²) in [5.74, 6) is -0.688. The van der Waals surface area contributed by atoms with E-state index >= 15 is 0 Å². The molecule has 1 amide bonds. The highest BCUT2D eigenvalue weighted by Gasteiger charge is 2.31. The molecule has 2 N–H and O–H groups in total. The van der Waals surface area contributed by atoms with Crippen LogP contribution in [0, 0.1) is 0 Å². The highest BCUT2D eigenvalue weighted by molar-refractivity contribution is 7.90. The molecule has 2 aromatic heterocycles. The van der Waals surface area contributed by atoms with Crippen LogP contribution in [0.15, 0.2) is 71.9 Å². The van der Waals surface area contributed by atoms with Crippen molar-refractivity contribution in [3.8, 4) is 5.75 Å². The van der Waals surface area contributed by atoms with E-state index in [4.69, 9.17) is 0 Å². The Labute approximate surface area is 191 Å². The van der Waals surface area contributed by atoms with Crippen molar-refractivity contribution in [3.63, 3.8) is 0 Å². The van der Waals surface area contributed by atoms with Gasteiger partial charge in [-0.25, -0.2) is 17.4 Å². The maximum atomic E-state index is 13.1. The van der Waals surface area contributed by atoms with Gasteiger partial charge in [0.1, 0.15) is 5.75 Å². The highest BCUT2D eigenvalue weighted by Crippen LogP contribution is 2.27. The normalized spacial score (nSPS) is 11.9. The van der Waals surface area contributed by atoms with Gasteiger partial charge in [0.2, 0.25) is 11.9 Å². The molecule has 9 nitrogen and oxygen atoms in total. The van der Waals surface area contributed by atoms with Gasteiger partial charge in [0, 0.05) is 36.1 Å². The van der Waals surface area contributed by atoms with Gasteiger partial charge in [-0.2, -0.15) is 4.98 Å². The molecule has 0 spiro atoms. The van der Waals surface area contributed by atoms with E-state index in [0.717, 1.165) is 28.2 Å². The van der Waals surface area contributed by atoms with Crippen molar-refractivity contribution >= 4 is 44.3 Å². The van der Waals surface area contributed by atoms with Crippen molar-refractivity contribution in [1.82, 2.24) is 13.9 Å². The number of benzene rings is 2. The van der Waals surface area contributed by atoms with E-state index in [0.29, 0.717) is 16.8 Å². The van der Waals surface area contributed by atoms with Crippen LogP contribution in [0.2, 0.25) is 0 Å². The van der Waals surface area contributed by atoms with Gasteiger partial charge in [0.25, 0.3) is 10.0 Å². The molecule has 0 unspecified atom stereocenters. The molecule has 4 aromatic rings. The topological polar surface area (TPSA) is 115 Å². The van der Waals surface area contributed by atoms with Gasteiger partial charge in [0.05, 0.1) is 4.90 Å². The molecule has 0 fully saturated rings. The second-order valence-corrected chi connectivity index (χ2v) is 8.81. The summed E-state index contributed by atoms with van der Waals surface area (Å²) in [7, 11) is -4.18. The molecule has 0 atom stereocenters. The zero-order valence-corrected chi connectivity index (χ0v) is 18.2. The molecule has 0 aliphatic rings. The minimum absolute atomic E-state index is 0.0612. The van der Waals surface area contributed by atoms with E-state index in [1.54, 1.807) is 24.3 Å². The molecule has 2 heterocycles. The lowest BCUT2D eigenvalue weighted by atomic mass is 10.2. The Balaban J connectivity index is 1.64. The van der Waals surface area contributed by atoms with Crippen LogP contribution in [-0.4, -0.2) is 34.6 Å². The lowest BCUT2D eigenvalue weighted by Gasteiger charge is -2.11. The fourth-order valence-electron chi connectivity index (χ4n) is 3.08. The first kappa shape index (κ1) is 23.0. The molecule has 176 valence electrons. The fourth-order valence-corrected chi connectivity index (χ4v) is 4.39. The molecule has 34 heavy (non-hydrogen) atoms. The van der Waals surface area contributed by atoms with Gasteiger partial charge in [-0.1, -0.05) is 6.07 Å². The molecular weight excluding hydrogens is 475 g/mol. The summed E-state index contributed by atoms with van der Waals surface area (Å²) in [4.78, 5) is 19.4. The molecule has 0 saturated heterocycles. The van der Waals surface area contributed by atoms with Crippen LogP contribution < -0.4 is 15.4 Å². The smallest absolute Gasteiger partial charge is 0.406 e. The van der Waals surface area contributed by atoms with Gasteiger partial charge in [-0.05, 0) is 48.5 Å². The Hall–Kier alpha value is -4.13. The number of hydrogen-bond acceptors (Lipinski definition) is 7. The van der Waals surface area contributed by atoms with Gasteiger partial charge < -0.3 is 15.4 Å². The first-order valence-corrected chi connectivity index (χ1v) is 11.1. The molecule has 13 heteroatoms. The van der Waals surface area contributed by atoms with Crippen LogP contribution in [0.4, 0.5) is 30.5 Å². The summed E-state index contributed by atoms with van der Waals surface area (Å²) >= 11 is 0. The summed E-state index contributed by atoms with van der Waals surface area (Å²) in [6, 6.07) is 12.1. The third-order valence-electron chi connectivity index (χ3n) is 4.45. The first-order chi connectivity index (χ1) is 16.0. The van der Waals surface area contributed by atoms with Gasteiger partial charge in [-0.15, -0.1) is 13.2 Å². The summed E-state index contributed by atoms with van der Waals surface area (Å²) in [6.07, 6.45) is -2.19. The maximum absolute atomic E-state index is 13.1. The molecule has 0 radical (unpaired) electrons. The minimum Gasteiger partial charge on any atom is -0.406 e. The van der Waals surface area contributed by atoms with Gasteiger partial charge >= 0.3 is 6.36 Å². The summed E-state index contributed by atoms with van der Waals surface area (Å²) in [5, 5.41) is 6.02. The van der Waals surface area contributed by atoms with E-state index in [1.165, 1.54) is 25.4 Å². The lowest BCUT2D eigenvalue weighted by Crippen LogP contribution is -2.17.